The fraction of sp³-hybridized carbons (Fsp3) is 0.200. The lowest BCUT2D eigenvalue weighted by Gasteiger charge is -2.00. The summed E-state index contributed by atoms with van der Waals surface area (Å²) < 4.78 is 1.81. The first-order valence-corrected chi connectivity index (χ1v) is 5.29. The van der Waals surface area contributed by atoms with E-state index in [0.717, 1.165) is 11.3 Å². The number of nitrogens with one attached hydrogen (secondary N) is 1. The quantitative estimate of drug-likeness (QED) is 0.601. The largest absolute Gasteiger partial charge is 0.368 e. The Morgan fingerprint density at radius 3 is 3.12 bits per heavy atom. The Bertz CT molecular complexity index is 540. The van der Waals surface area contributed by atoms with Gasteiger partial charge in [0.15, 0.2) is 0 Å². The zero-order valence-corrected chi connectivity index (χ0v) is 9.65. The summed E-state index contributed by atoms with van der Waals surface area (Å²) in [5.41, 5.74) is 9.08. The summed E-state index contributed by atoms with van der Waals surface area (Å²) in [5.74, 6) is -0.528. The van der Waals surface area contributed by atoms with Crippen molar-refractivity contribution in [1.82, 2.24) is 14.9 Å². The molecule has 17 heavy (non-hydrogen) atoms. The average molecular weight is 255 g/mol. The van der Waals surface area contributed by atoms with Crippen molar-refractivity contribution in [2.75, 3.05) is 6.61 Å². The van der Waals surface area contributed by atoms with Crippen LogP contribution in [0, 0.1) is 0 Å². The molecule has 1 amide bonds. The van der Waals surface area contributed by atoms with Crippen LogP contribution in [0.3, 0.4) is 0 Å². The minimum absolute atomic E-state index is 0.167. The van der Waals surface area contributed by atoms with Gasteiger partial charge in [-0.15, -0.1) is 0 Å². The molecular formula is C10H11ClN4O2. The molecule has 0 aliphatic heterocycles. The van der Waals surface area contributed by atoms with Crippen molar-refractivity contribution < 1.29 is 9.63 Å². The van der Waals surface area contributed by atoms with Crippen LogP contribution in [0.4, 0.5) is 0 Å². The highest BCUT2D eigenvalue weighted by molar-refractivity contribution is 6.30. The summed E-state index contributed by atoms with van der Waals surface area (Å²) in [7, 11) is 0. The molecule has 0 bridgehead atoms. The maximum Gasteiger partial charge on any atom is 0.245 e. The van der Waals surface area contributed by atoms with Crippen LogP contribution < -0.4 is 11.2 Å². The Morgan fingerprint density at radius 2 is 2.35 bits per heavy atom. The number of fused-ring (bicyclic) bond motifs is 1. The van der Waals surface area contributed by atoms with Crippen molar-refractivity contribution in [1.29, 1.82) is 0 Å². The van der Waals surface area contributed by atoms with Crippen LogP contribution in [-0.2, 0) is 16.2 Å². The second-order valence-corrected chi connectivity index (χ2v) is 3.86. The molecule has 2 heterocycles. The zero-order valence-electron chi connectivity index (χ0n) is 8.89. The molecule has 6 nitrogen and oxygen atoms in total. The number of nitrogens with zero attached hydrogens (tertiary/aromatic N) is 2. The van der Waals surface area contributed by atoms with Gasteiger partial charge in [0.25, 0.3) is 0 Å². The lowest BCUT2D eigenvalue weighted by atomic mass is 10.5. The second-order valence-electron chi connectivity index (χ2n) is 3.42. The van der Waals surface area contributed by atoms with Gasteiger partial charge in [0.1, 0.15) is 12.3 Å². The molecule has 2 aromatic heterocycles. The Hall–Kier alpha value is -1.63. The monoisotopic (exact) mass is 254 g/mol. The molecule has 2 rings (SSSR count). The van der Waals surface area contributed by atoms with Crippen LogP contribution in [0.2, 0.25) is 5.02 Å². The smallest absolute Gasteiger partial charge is 0.245 e. The van der Waals surface area contributed by atoms with E-state index in [1.165, 1.54) is 0 Å². The third-order valence-electron chi connectivity index (χ3n) is 2.03. The standard InChI is InChI=1S/C10H11ClN4O2/c11-7-1-2-10-14-8(5-15(10)4-7)3-13-17-6-9(12)16/h1-2,4-5,13H,3,6H2,(H2,12,16). The number of aromatic nitrogens is 2. The molecule has 0 fully saturated rings. The molecule has 7 heteroatoms. The summed E-state index contributed by atoms with van der Waals surface area (Å²) in [4.78, 5) is 19.5. The van der Waals surface area contributed by atoms with Gasteiger partial charge in [-0.25, -0.2) is 4.98 Å². The minimum Gasteiger partial charge on any atom is -0.368 e. The maximum absolute atomic E-state index is 10.4. The van der Waals surface area contributed by atoms with Crippen LogP contribution in [0.1, 0.15) is 5.69 Å². The molecule has 90 valence electrons. The number of hydrogen-bond acceptors (Lipinski definition) is 4. The summed E-state index contributed by atoms with van der Waals surface area (Å²) >= 11 is 5.85. The van der Waals surface area contributed by atoms with Crippen LogP contribution in [-0.4, -0.2) is 21.9 Å². The predicted molar refractivity (Wildman–Crippen MR) is 62.2 cm³/mol. The first kappa shape index (κ1) is 11.8. The van der Waals surface area contributed by atoms with E-state index in [9.17, 15) is 4.79 Å². The van der Waals surface area contributed by atoms with E-state index in [-0.39, 0.29) is 6.61 Å². The van der Waals surface area contributed by atoms with Crippen LogP contribution in [0.25, 0.3) is 5.65 Å². The molecule has 0 unspecified atom stereocenters. The number of halogens is 1. The molecule has 0 spiro atoms. The molecule has 0 saturated carbocycles. The number of hydroxylamine groups is 1. The number of hydrogen-bond donors (Lipinski definition) is 2. The van der Waals surface area contributed by atoms with Gasteiger partial charge in [-0.05, 0) is 12.1 Å². The van der Waals surface area contributed by atoms with Crippen LogP contribution in [0.15, 0.2) is 24.5 Å². The first-order chi connectivity index (χ1) is 8.15. The van der Waals surface area contributed by atoms with Gasteiger partial charge in [-0.1, -0.05) is 11.6 Å². The highest BCUT2D eigenvalue weighted by Crippen LogP contribution is 2.11. The van der Waals surface area contributed by atoms with Gasteiger partial charge in [0.05, 0.1) is 17.3 Å². The van der Waals surface area contributed by atoms with Gasteiger partial charge < -0.3 is 10.1 Å². The van der Waals surface area contributed by atoms with Gasteiger partial charge in [-0.2, -0.15) is 5.48 Å². The van der Waals surface area contributed by atoms with Crippen molar-refractivity contribution in [3.05, 3.63) is 35.2 Å². The maximum atomic E-state index is 10.4. The first-order valence-electron chi connectivity index (χ1n) is 4.91. The number of imidazole rings is 1. The molecule has 0 aliphatic rings. The van der Waals surface area contributed by atoms with Crippen molar-refractivity contribution in [2.24, 2.45) is 5.73 Å². The molecule has 3 N–H and O–H groups in total. The zero-order chi connectivity index (χ0) is 12.3. The summed E-state index contributed by atoms with van der Waals surface area (Å²) in [5, 5.41) is 0.638. The number of amides is 1. The van der Waals surface area contributed by atoms with Gasteiger partial charge in [0, 0.05) is 12.4 Å². The lowest BCUT2D eigenvalue weighted by molar-refractivity contribution is -0.125. The Morgan fingerprint density at radius 1 is 1.53 bits per heavy atom. The van der Waals surface area contributed by atoms with Gasteiger partial charge >= 0.3 is 0 Å². The van der Waals surface area contributed by atoms with E-state index < -0.39 is 5.91 Å². The van der Waals surface area contributed by atoms with Crippen molar-refractivity contribution in [2.45, 2.75) is 6.54 Å². The summed E-state index contributed by atoms with van der Waals surface area (Å²) in [6.45, 7) is 0.214. The summed E-state index contributed by atoms with van der Waals surface area (Å²) in [6.07, 6.45) is 3.58. The lowest BCUT2D eigenvalue weighted by Crippen LogP contribution is -2.24. The molecular weight excluding hydrogens is 244 g/mol. The van der Waals surface area contributed by atoms with Crippen LogP contribution >= 0.6 is 11.6 Å². The second kappa shape index (κ2) is 5.13. The predicted octanol–water partition coefficient (Wildman–Crippen LogP) is 0.494. The minimum atomic E-state index is -0.528. The van der Waals surface area contributed by atoms with E-state index in [2.05, 4.69) is 10.5 Å². The van der Waals surface area contributed by atoms with E-state index in [1.54, 1.807) is 12.3 Å². The summed E-state index contributed by atoms with van der Waals surface area (Å²) in [6, 6.07) is 3.58. The molecule has 0 saturated heterocycles. The van der Waals surface area contributed by atoms with Gasteiger partial charge in [-0.3, -0.25) is 9.63 Å². The number of carbonyl (C=O) groups is 1. The van der Waals surface area contributed by atoms with E-state index in [4.69, 9.17) is 22.2 Å². The highest BCUT2D eigenvalue weighted by atomic mass is 35.5. The Labute approximate surface area is 102 Å². The number of carbonyl (C=O) groups excluding carboxylic acids is 1. The third-order valence-corrected chi connectivity index (χ3v) is 2.26. The van der Waals surface area contributed by atoms with Crippen LogP contribution in [0.5, 0.6) is 0 Å². The molecule has 0 radical (unpaired) electrons. The SMILES string of the molecule is NC(=O)CONCc1cn2cc(Cl)ccc2n1. The van der Waals surface area contributed by atoms with Gasteiger partial charge in [0.2, 0.25) is 5.91 Å². The fourth-order valence-electron chi connectivity index (χ4n) is 1.35. The molecule has 2 aromatic rings. The number of rotatable bonds is 5. The van der Waals surface area contributed by atoms with E-state index >= 15 is 0 Å². The third kappa shape index (κ3) is 3.16. The highest BCUT2D eigenvalue weighted by Gasteiger charge is 2.02. The number of nitrogens with two attached hydrogens (primary N) is 1. The topological polar surface area (TPSA) is 81.7 Å². The Balaban J connectivity index is 1.97. The molecule has 0 aliphatic carbocycles. The fourth-order valence-corrected chi connectivity index (χ4v) is 1.52. The normalized spacial score (nSPS) is 10.9. The van der Waals surface area contributed by atoms with Crippen molar-refractivity contribution >= 4 is 23.2 Å². The number of pyridine rings is 1. The number of primary amides is 1. The van der Waals surface area contributed by atoms with Crippen molar-refractivity contribution in [3.8, 4) is 0 Å². The Kier molecular flexibility index (Phi) is 3.58. The van der Waals surface area contributed by atoms with E-state index in [0.29, 0.717) is 11.6 Å². The average Bonchev–Trinajstić information content (AvgIpc) is 2.66. The molecule has 0 atom stereocenters. The van der Waals surface area contributed by atoms with Crippen molar-refractivity contribution in [3.63, 3.8) is 0 Å². The molecule has 0 aromatic carbocycles. The van der Waals surface area contributed by atoms with E-state index in [1.807, 2.05) is 16.7 Å².